The summed E-state index contributed by atoms with van der Waals surface area (Å²) < 4.78 is 1.94. The summed E-state index contributed by atoms with van der Waals surface area (Å²) >= 11 is 0. The van der Waals surface area contributed by atoms with Gasteiger partial charge in [0, 0.05) is 25.8 Å². The van der Waals surface area contributed by atoms with E-state index in [0.29, 0.717) is 18.3 Å². The lowest BCUT2D eigenvalue weighted by Crippen LogP contribution is -2.39. The molecule has 3 rings (SSSR count). The molecule has 1 amide bonds. The van der Waals surface area contributed by atoms with Crippen molar-refractivity contribution in [2.75, 3.05) is 39.3 Å². The number of aromatic nitrogens is 2. The highest BCUT2D eigenvalue weighted by Crippen LogP contribution is 2.16. The van der Waals surface area contributed by atoms with Crippen LogP contribution in [0.3, 0.4) is 0 Å². The van der Waals surface area contributed by atoms with E-state index >= 15 is 0 Å². The minimum absolute atomic E-state index is 0. The number of hydrogen-bond donors (Lipinski definition) is 2. The van der Waals surface area contributed by atoms with E-state index in [4.69, 9.17) is 0 Å². The summed E-state index contributed by atoms with van der Waals surface area (Å²) in [5.41, 5.74) is 0.530. The predicted molar refractivity (Wildman–Crippen MR) is 97.8 cm³/mol. The van der Waals surface area contributed by atoms with Crippen LogP contribution in [0.2, 0.25) is 0 Å². The van der Waals surface area contributed by atoms with Crippen LogP contribution >= 0.6 is 12.4 Å². The zero-order chi connectivity index (χ0) is 16.1. The number of piperidine rings is 2. The zero-order valence-electron chi connectivity index (χ0n) is 14.5. The monoisotopic (exact) mass is 355 g/mol. The average molecular weight is 356 g/mol. The van der Waals surface area contributed by atoms with Crippen LogP contribution < -0.4 is 10.6 Å². The third-order valence-electron chi connectivity index (χ3n) is 5.08. The van der Waals surface area contributed by atoms with Crippen LogP contribution in [-0.4, -0.2) is 59.9 Å². The summed E-state index contributed by atoms with van der Waals surface area (Å²) in [4.78, 5) is 14.7. The molecule has 0 bridgehead atoms. The first-order valence-corrected chi connectivity index (χ1v) is 8.99. The minimum atomic E-state index is -0.0575. The Morgan fingerprint density at radius 1 is 1.38 bits per heavy atom. The second kappa shape index (κ2) is 9.39. The van der Waals surface area contributed by atoms with E-state index in [-0.39, 0.29) is 18.3 Å². The average Bonchev–Trinajstić information content (AvgIpc) is 3.07. The highest BCUT2D eigenvalue weighted by Gasteiger charge is 2.18. The zero-order valence-corrected chi connectivity index (χ0v) is 15.4. The van der Waals surface area contributed by atoms with Gasteiger partial charge in [-0.05, 0) is 57.3 Å². The first-order valence-electron chi connectivity index (χ1n) is 8.99. The lowest BCUT2D eigenvalue weighted by Gasteiger charge is -2.30. The van der Waals surface area contributed by atoms with Gasteiger partial charge in [0.15, 0.2) is 0 Å². The number of halogens is 1. The van der Waals surface area contributed by atoms with Crippen molar-refractivity contribution >= 4 is 18.3 Å². The fourth-order valence-electron chi connectivity index (χ4n) is 3.43. The number of nitrogens with one attached hydrogen (secondary N) is 2. The second-order valence-electron chi connectivity index (χ2n) is 6.96. The van der Waals surface area contributed by atoms with E-state index in [1.807, 2.05) is 16.9 Å². The molecule has 0 radical (unpaired) electrons. The summed E-state index contributed by atoms with van der Waals surface area (Å²) in [7, 11) is 0. The normalized spacial score (nSPS) is 22.8. The van der Waals surface area contributed by atoms with E-state index in [9.17, 15) is 4.79 Å². The number of amides is 1. The van der Waals surface area contributed by atoms with Crippen LogP contribution in [0.4, 0.5) is 0 Å². The van der Waals surface area contributed by atoms with Gasteiger partial charge in [-0.15, -0.1) is 12.4 Å². The van der Waals surface area contributed by atoms with Crippen molar-refractivity contribution in [2.45, 2.75) is 38.6 Å². The maximum absolute atomic E-state index is 12.2. The first-order chi connectivity index (χ1) is 11.2. The van der Waals surface area contributed by atoms with Crippen LogP contribution in [0, 0.1) is 5.92 Å². The fourth-order valence-corrected chi connectivity index (χ4v) is 3.43. The molecule has 1 aromatic rings. The Kier molecular flexibility index (Phi) is 7.52. The van der Waals surface area contributed by atoms with Gasteiger partial charge in [-0.1, -0.05) is 6.92 Å². The SMILES string of the molecule is CC1CCN(CCNC(=O)c2ccn(C3CCCNC3)n2)CC1.Cl. The first kappa shape index (κ1) is 19.2. The quantitative estimate of drug-likeness (QED) is 0.843. The summed E-state index contributed by atoms with van der Waals surface area (Å²) in [5, 5.41) is 10.8. The molecule has 24 heavy (non-hydrogen) atoms. The number of hydrogen-bond acceptors (Lipinski definition) is 4. The Labute approximate surface area is 150 Å². The van der Waals surface area contributed by atoms with E-state index in [1.165, 1.54) is 19.3 Å². The molecule has 2 aliphatic rings. The Morgan fingerprint density at radius 3 is 2.88 bits per heavy atom. The Morgan fingerprint density at radius 2 is 2.17 bits per heavy atom. The summed E-state index contributed by atoms with van der Waals surface area (Å²) in [6, 6.07) is 2.20. The molecule has 0 spiro atoms. The third-order valence-corrected chi connectivity index (χ3v) is 5.08. The van der Waals surface area contributed by atoms with Gasteiger partial charge in [-0.2, -0.15) is 5.10 Å². The molecule has 6 nitrogen and oxygen atoms in total. The lowest BCUT2D eigenvalue weighted by molar-refractivity contribution is 0.0938. The van der Waals surface area contributed by atoms with E-state index in [0.717, 1.165) is 45.1 Å². The molecule has 2 aliphatic heterocycles. The van der Waals surface area contributed by atoms with Gasteiger partial charge < -0.3 is 15.5 Å². The molecular formula is C17H30ClN5O. The lowest BCUT2D eigenvalue weighted by atomic mass is 9.99. The number of rotatable bonds is 5. The molecule has 2 fully saturated rings. The van der Waals surface area contributed by atoms with Gasteiger partial charge in [0.2, 0.25) is 0 Å². The molecule has 2 N–H and O–H groups in total. The maximum Gasteiger partial charge on any atom is 0.271 e. The highest BCUT2D eigenvalue weighted by atomic mass is 35.5. The molecule has 1 unspecified atom stereocenters. The number of likely N-dealkylation sites (tertiary alicyclic amines) is 1. The van der Waals surface area contributed by atoms with Crippen LogP contribution in [0.15, 0.2) is 12.3 Å². The van der Waals surface area contributed by atoms with E-state index in [1.54, 1.807) is 0 Å². The van der Waals surface area contributed by atoms with Crippen molar-refractivity contribution in [1.82, 2.24) is 25.3 Å². The van der Waals surface area contributed by atoms with Crippen LogP contribution in [-0.2, 0) is 0 Å². The molecule has 2 saturated heterocycles. The van der Waals surface area contributed by atoms with Crippen molar-refractivity contribution in [1.29, 1.82) is 0 Å². The molecule has 3 heterocycles. The van der Waals surface area contributed by atoms with Gasteiger partial charge in [0.05, 0.1) is 6.04 Å². The Hall–Kier alpha value is -1.11. The number of carbonyl (C=O) groups is 1. The molecule has 1 aromatic heterocycles. The van der Waals surface area contributed by atoms with Gasteiger partial charge in [-0.3, -0.25) is 9.48 Å². The van der Waals surface area contributed by atoms with Crippen molar-refractivity contribution in [3.05, 3.63) is 18.0 Å². The van der Waals surface area contributed by atoms with E-state index in [2.05, 4.69) is 27.6 Å². The summed E-state index contributed by atoms with van der Waals surface area (Å²) in [5.74, 6) is 0.789. The van der Waals surface area contributed by atoms with Gasteiger partial charge in [0.25, 0.3) is 5.91 Å². The number of nitrogens with zero attached hydrogens (tertiary/aromatic N) is 3. The van der Waals surface area contributed by atoms with E-state index < -0.39 is 0 Å². The highest BCUT2D eigenvalue weighted by molar-refractivity contribution is 5.92. The van der Waals surface area contributed by atoms with Crippen LogP contribution in [0.25, 0.3) is 0 Å². The number of carbonyl (C=O) groups excluding carboxylic acids is 1. The topological polar surface area (TPSA) is 62.2 Å². The standard InChI is InChI=1S/C17H29N5O.ClH/c1-14-4-9-21(10-5-14)12-8-19-17(23)16-6-11-22(20-16)15-3-2-7-18-13-15;/h6,11,14-15,18H,2-5,7-10,12-13H2,1H3,(H,19,23);1H. The smallest absolute Gasteiger partial charge is 0.271 e. The summed E-state index contributed by atoms with van der Waals surface area (Å²) in [6.45, 7) is 8.28. The minimum Gasteiger partial charge on any atom is -0.349 e. The third kappa shape index (κ3) is 5.19. The van der Waals surface area contributed by atoms with Gasteiger partial charge in [0.1, 0.15) is 5.69 Å². The predicted octanol–water partition coefficient (Wildman–Crippen LogP) is 1.69. The summed E-state index contributed by atoms with van der Waals surface area (Å²) in [6.07, 6.45) is 6.77. The largest absolute Gasteiger partial charge is 0.349 e. The van der Waals surface area contributed by atoms with Crippen molar-refractivity contribution in [2.24, 2.45) is 5.92 Å². The molecular weight excluding hydrogens is 326 g/mol. The van der Waals surface area contributed by atoms with Crippen molar-refractivity contribution in [3.8, 4) is 0 Å². The van der Waals surface area contributed by atoms with Crippen LogP contribution in [0.1, 0.15) is 49.1 Å². The van der Waals surface area contributed by atoms with Crippen molar-refractivity contribution < 1.29 is 4.79 Å². The maximum atomic E-state index is 12.2. The van der Waals surface area contributed by atoms with Crippen molar-refractivity contribution in [3.63, 3.8) is 0 Å². The molecule has 7 heteroatoms. The van der Waals surface area contributed by atoms with Crippen LogP contribution in [0.5, 0.6) is 0 Å². The Balaban J connectivity index is 0.00000208. The fraction of sp³-hybridized carbons (Fsp3) is 0.765. The van der Waals surface area contributed by atoms with Gasteiger partial charge in [-0.25, -0.2) is 0 Å². The second-order valence-corrected chi connectivity index (χ2v) is 6.96. The molecule has 1 atom stereocenters. The Bertz CT molecular complexity index is 507. The van der Waals surface area contributed by atoms with Gasteiger partial charge >= 0.3 is 0 Å². The molecule has 0 aromatic carbocycles. The molecule has 0 aliphatic carbocycles. The molecule has 136 valence electrons. The molecule has 0 saturated carbocycles.